The number of carbonyl (C=O) groups excluding carboxylic acids is 1. The molecule has 0 heterocycles. The van der Waals surface area contributed by atoms with E-state index in [9.17, 15) is 18.0 Å². The predicted molar refractivity (Wildman–Crippen MR) is 76.8 cm³/mol. The molecule has 0 bridgehead atoms. The monoisotopic (exact) mass is 329 g/mol. The molecule has 2 aromatic carbocycles. The van der Waals surface area contributed by atoms with Crippen LogP contribution in [-0.4, -0.2) is 12.5 Å². The van der Waals surface area contributed by atoms with Gasteiger partial charge in [0.2, 0.25) is 5.91 Å². The molecule has 0 saturated heterocycles. The van der Waals surface area contributed by atoms with Crippen LogP contribution in [0.25, 0.3) is 0 Å². The van der Waals surface area contributed by atoms with Crippen LogP contribution in [0.15, 0.2) is 42.5 Å². The SMILES string of the molecule is O=C(Cc1ccc(OC(F)F)cc1)Nc1ccc(Cl)cc1F. The van der Waals surface area contributed by atoms with E-state index in [1.54, 1.807) is 0 Å². The summed E-state index contributed by atoms with van der Waals surface area (Å²) in [7, 11) is 0. The minimum Gasteiger partial charge on any atom is -0.435 e. The molecule has 0 saturated carbocycles. The number of ether oxygens (including phenoxy) is 1. The molecule has 116 valence electrons. The van der Waals surface area contributed by atoms with Crippen LogP contribution in [0.3, 0.4) is 0 Å². The highest BCUT2D eigenvalue weighted by Gasteiger charge is 2.09. The maximum atomic E-state index is 13.5. The van der Waals surface area contributed by atoms with Gasteiger partial charge in [0.25, 0.3) is 0 Å². The van der Waals surface area contributed by atoms with Crippen LogP contribution in [0, 0.1) is 5.82 Å². The van der Waals surface area contributed by atoms with Crippen molar-refractivity contribution in [1.82, 2.24) is 0 Å². The van der Waals surface area contributed by atoms with Gasteiger partial charge in [0.05, 0.1) is 12.1 Å². The Hall–Kier alpha value is -2.21. The molecular formula is C15H11ClF3NO2. The Balaban J connectivity index is 1.97. The van der Waals surface area contributed by atoms with E-state index in [0.29, 0.717) is 5.56 Å². The molecule has 0 radical (unpaired) electrons. The van der Waals surface area contributed by atoms with Gasteiger partial charge in [0.15, 0.2) is 0 Å². The molecular weight excluding hydrogens is 319 g/mol. The minimum atomic E-state index is -2.90. The lowest BCUT2D eigenvalue weighted by molar-refractivity contribution is -0.115. The van der Waals surface area contributed by atoms with E-state index in [1.807, 2.05) is 0 Å². The first kappa shape index (κ1) is 16.2. The van der Waals surface area contributed by atoms with E-state index in [4.69, 9.17) is 11.6 Å². The number of nitrogens with one attached hydrogen (secondary N) is 1. The standard InChI is InChI=1S/C15H11ClF3NO2/c16-10-3-6-13(12(17)8-10)20-14(21)7-9-1-4-11(5-2-9)22-15(18)19/h1-6,8,15H,7H2,(H,20,21). The lowest BCUT2D eigenvalue weighted by Crippen LogP contribution is -2.15. The van der Waals surface area contributed by atoms with Crippen molar-refractivity contribution in [2.75, 3.05) is 5.32 Å². The summed E-state index contributed by atoms with van der Waals surface area (Å²) in [5.41, 5.74) is 0.598. The molecule has 0 aliphatic heterocycles. The second-order valence-corrected chi connectivity index (χ2v) is 4.81. The summed E-state index contributed by atoms with van der Waals surface area (Å²) in [5, 5.41) is 2.64. The third-order valence-corrected chi connectivity index (χ3v) is 2.95. The molecule has 0 aliphatic rings. The van der Waals surface area contributed by atoms with Crippen molar-refractivity contribution < 1.29 is 22.7 Å². The summed E-state index contributed by atoms with van der Waals surface area (Å²) < 4.78 is 41.8. The van der Waals surface area contributed by atoms with Crippen molar-refractivity contribution in [2.45, 2.75) is 13.0 Å². The summed E-state index contributed by atoms with van der Waals surface area (Å²) in [6.07, 6.45) is -0.0307. The van der Waals surface area contributed by atoms with Gasteiger partial charge in [-0.25, -0.2) is 4.39 Å². The van der Waals surface area contributed by atoms with Gasteiger partial charge in [-0.05, 0) is 35.9 Å². The highest BCUT2D eigenvalue weighted by molar-refractivity contribution is 6.30. The van der Waals surface area contributed by atoms with Gasteiger partial charge in [-0.3, -0.25) is 4.79 Å². The first-order valence-electron chi connectivity index (χ1n) is 6.22. The number of rotatable bonds is 5. The molecule has 0 fully saturated rings. The fraction of sp³-hybridized carbons (Fsp3) is 0.133. The first-order valence-corrected chi connectivity index (χ1v) is 6.60. The second-order valence-electron chi connectivity index (χ2n) is 4.37. The van der Waals surface area contributed by atoms with E-state index in [1.165, 1.54) is 36.4 Å². The van der Waals surface area contributed by atoms with Crippen molar-refractivity contribution in [3.05, 3.63) is 58.9 Å². The van der Waals surface area contributed by atoms with Crippen molar-refractivity contribution in [2.24, 2.45) is 0 Å². The highest BCUT2D eigenvalue weighted by Crippen LogP contribution is 2.19. The van der Waals surface area contributed by atoms with Gasteiger partial charge >= 0.3 is 6.61 Å². The molecule has 0 atom stereocenters. The number of hydrogen-bond donors (Lipinski definition) is 1. The van der Waals surface area contributed by atoms with Crippen molar-refractivity contribution in [1.29, 1.82) is 0 Å². The summed E-state index contributed by atoms with van der Waals surface area (Å²) in [6, 6.07) is 9.53. The maximum absolute atomic E-state index is 13.5. The Bertz CT molecular complexity index is 662. The second kappa shape index (κ2) is 7.17. The van der Waals surface area contributed by atoms with Crippen LogP contribution in [0.1, 0.15) is 5.56 Å². The van der Waals surface area contributed by atoms with Crippen LogP contribution >= 0.6 is 11.6 Å². The predicted octanol–water partition coefficient (Wildman–Crippen LogP) is 4.26. The summed E-state index contributed by atoms with van der Waals surface area (Å²) in [6.45, 7) is -2.90. The van der Waals surface area contributed by atoms with Gasteiger partial charge in [0, 0.05) is 5.02 Å². The average molecular weight is 330 g/mol. The van der Waals surface area contributed by atoms with E-state index in [-0.39, 0.29) is 22.9 Å². The van der Waals surface area contributed by atoms with E-state index in [0.717, 1.165) is 6.07 Å². The fourth-order valence-electron chi connectivity index (χ4n) is 1.76. The van der Waals surface area contributed by atoms with E-state index < -0.39 is 18.3 Å². The molecule has 7 heteroatoms. The Morgan fingerprint density at radius 2 is 1.86 bits per heavy atom. The van der Waals surface area contributed by atoms with Gasteiger partial charge in [0.1, 0.15) is 11.6 Å². The third kappa shape index (κ3) is 4.66. The van der Waals surface area contributed by atoms with Crippen LogP contribution in [-0.2, 0) is 11.2 Å². The molecule has 0 unspecified atom stereocenters. The number of benzene rings is 2. The molecule has 0 aliphatic carbocycles. The zero-order valence-electron chi connectivity index (χ0n) is 11.2. The lowest BCUT2D eigenvalue weighted by atomic mass is 10.1. The van der Waals surface area contributed by atoms with Crippen molar-refractivity contribution in [3.8, 4) is 5.75 Å². The normalized spacial score (nSPS) is 10.6. The molecule has 0 aromatic heterocycles. The topological polar surface area (TPSA) is 38.3 Å². The quantitative estimate of drug-likeness (QED) is 0.890. The molecule has 3 nitrogen and oxygen atoms in total. The van der Waals surface area contributed by atoms with Crippen molar-refractivity contribution >= 4 is 23.2 Å². The largest absolute Gasteiger partial charge is 0.435 e. The summed E-state index contributed by atoms with van der Waals surface area (Å²) in [4.78, 5) is 11.8. The Morgan fingerprint density at radius 1 is 1.18 bits per heavy atom. The lowest BCUT2D eigenvalue weighted by Gasteiger charge is -2.08. The number of alkyl halides is 2. The van der Waals surface area contributed by atoms with Crippen LogP contribution < -0.4 is 10.1 Å². The van der Waals surface area contributed by atoms with E-state index >= 15 is 0 Å². The molecule has 2 rings (SSSR count). The molecule has 1 N–H and O–H groups in total. The van der Waals surface area contributed by atoms with Gasteiger partial charge in [-0.1, -0.05) is 23.7 Å². The van der Waals surface area contributed by atoms with Gasteiger partial charge in [-0.2, -0.15) is 8.78 Å². The Labute approximate surface area is 129 Å². The zero-order chi connectivity index (χ0) is 16.1. The number of halogens is 4. The number of anilines is 1. The third-order valence-electron chi connectivity index (χ3n) is 2.72. The molecule has 2 aromatic rings. The smallest absolute Gasteiger partial charge is 0.387 e. The summed E-state index contributed by atoms with van der Waals surface area (Å²) in [5.74, 6) is -1.08. The molecule has 0 spiro atoms. The molecule has 1 amide bonds. The number of hydrogen-bond acceptors (Lipinski definition) is 2. The maximum Gasteiger partial charge on any atom is 0.387 e. The number of carbonyl (C=O) groups is 1. The molecule has 22 heavy (non-hydrogen) atoms. The summed E-state index contributed by atoms with van der Waals surface area (Å²) >= 11 is 5.62. The van der Waals surface area contributed by atoms with Gasteiger partial charge in [-0.15, -0.1) is 0 Å². The van der Waals surface area contributed by atoms with Crippen LogP contribution in [0.4, 0.5) is 18.9 Å². The van der Waals surface area contributed by atoms with Crippen LogP contribution in [0.2, 0.25) is 5.02 Å². The Morgan fingerprint density at radius 3 is 2.45 bits per heavy atom. The van der Waals surface area contributed by atoms with E-state index in [2.05, 4.69) is 10.1 Å². The van der Waals surface area contributed by atoms with Crippen molar-refractivity contribution in [3.63, 3.8) is 0 Å². The van der Waals surface area contributed by atoms with Crippen LogP contribution in [0.5, 0.6) is 5.75 Å². The first-order chi connectivity index (χ1) is 10.4. The van der Waals surface area contributed by atoms with Gasteiger partial charge < -0.3 is 10.1 Å². The minimum absolute atomic E-state index is 0.00269. The highest BCUT2D eigenvalue weighted by atomic mass is 35.5. The zero-order valence-corrected chi connectivity index (χ0v) is 11.9. The average Bonchev–Trinajstić information content (AvgIpc) is 2.43. The fourth-order valence-corrected chi connectivity index (χ4v) is 1.92. The Kier molecular flexibility index (Phi) is 5.27. The number of amides is 1.